The first-order valence-corrected chi connectivity index (χ1v) is 7.42. The fourth-order valence-electron chi connectivity index (χ4n) is 3.44. The molecule has 108 valence electrons. The zero-order valence-corrected chi connectivity index (χ0v) is 12.7. The summed E-state index contributed by atoms with van der Waals surface area (Å²) in [5.41, 5.74) is 12.4. The first-order valence-electron chi connectivity index (χ1n) is 7.42. The van der Waals surface area contributed by atoms with Crippen molar-refractivity contribution in [3.63, 3.8) is 0 Å². The van der Waals surface area contributed by atoms with Crippen LogP contribution >= 0.6 is 0 Å². The van der Waals surface area contributed by atoms with Crippen molar-refractivity contribution in [2.24, 2.45) is 0 Å². The molecule has 0 atom stereocenters. The Bertz CT molecular complexity index is 867. The van der Waals surface area contributed by atoms with Crippen LogP contribution in [0.1, 0.15) is 25.0 Å². The summed E-state index contributed by atoms with van der Waals surface area (Å²) in [5, 5.41) is 0. The number of nitrogen functional groups attached to an aromatic ring is 1. The molecule has 0 amide bonds. The molecule has 1 heterocycles. The lowest BCUT2D eigenvalue weighted by Gasteiger charge is -2.23. The zero-order valence-electron chi connectivity index (χ0n) is 12.7. The molecule has 3 aromatic rings. The van der Waals surface area contributed by atoms with Crippen LogP contribution < -0.4 is 5.73 Å². The van der Waals surface area contributed by atoms with Crippen molar-refractivity contribution in [3.8, 4) is 22.5 Å². The van der Waals surface area contributed by atoms with Crippen molar-refractivity contribution < 1.29 is 0 Å². The summed E-state index contributed by atoms with van der Waals surface area (Å²) in [6, 6.07) is 18.6. The highest BCUT2D eigenvalue weighted by Crippen LogP contribution is 2.50. The van der Waals surface area contributed by atoms with Gasteiger partial charge in [-0.05, 0) is 5.56 Å². The number of rotatable bonds is 1. The van der Waals surface area contributed by atoms with Crippen LogP contribution in [0.3, 0.4) is 0 Å². The van der Waals surface area contributed by atoms with Crippen LogP contribution in [0.15, 0.2) is 54.6 Å². The predicted molar refractivity (Wildman–Crippen MR) is 89.4 cm³/mol. The van der Waals surface area contributed by atoms with Gasteiger partial charge in [0.1, 0.15) is 0 Å². The maximum atomic E-state index is 5.99. The summed E-state index contributed by atoms with van der Waals surface area (Å²) in [7, 11) is 0. The Balaban J connectivity index is 2.09. The van der Waals surface area contributed by atoms with E-state index in [2.05, 4.69) is 54.1 Å². The number of hydrogen-bond acceptors (Lipinski definition) is 3. The van der Waals surface area contributed by atoms with E-state index in [1.807, 2.05) is 24.3 Å². The van der Waals surface area contributed by atoms with Gasteiger partial charge in [0.05, 0.1) is 11.4 Å². The zero-order chi connectivity index (χ0) is 15.3. The van der Waals surface area contributed by atoms with E-state index in [-0.39, 0.29) is 5.41 Å². The Morgan fingerprint density at radius 3 is 2.23 bits per heavy atom. The fraction of sp³-hybridized carbons (Fsp3) is 0.158. The van der Waals surface area contributed by atoms with Gasteiger partial charge in [-0.15, -0.1) is 0 Å². The SMILES string of the molecule is CC1(C)c2ccccc2-c2nc(N)nc(-c3ccccc3)c21. The highest BCUT2D eigenvalue weighted by Gasteiger charge is 2.39. The summed E-state index contributed by atoms with van der Waals surface area (Å²) < 4.78 is 0. The molecule has 0 aliphatic heterocycles. The minimum Gasteiger partial charge on any atom is -0.368 e. The van der Waals surface area contributed by atoms with E-state index < -0.39 is 0 Å². The third-order valence-corrected chi connectivity index (χ3v) is 4.45. The second-order valence-corrected chi connectivity index (χ2v) is 6.19. The number of anilines is 1. The van der Waals surface area contributed by atoms with E-state index in [4.69, 9.17) is 5.73 Å². The molecule has 0 saturated heterocycles. The van der Waals surface area contributed by atoms with Gasteiger partial charge in [-0.3, -0.25) is 0 Å². The van der Waals surface area contributed by atoms with E-state index in [9.17, 15) is 0 Å². The lowest BCUT2D eigenvalue weighted by molar-refractivity contribution is 0.658. The Morgan fingerprint density at radius 2 is 1.45 bits per heavy atom. The van der Waals surface area contributed by atoms with Gasteiger partial charge in [-0.2, -0.15) is 0 Å². The second kappa shape index (κ2) is 4.41. The summed E-state index contributed by atoms with van der Waals surface area (Å²) in [4.78, 5) is 9.10. The van der Waals surface area contributed by atoms with Crippen LogP contribution in [-0.2, 0) is 5.41 Å². The van der Waals surface area contributed by atoms with Gasteiger partial charge in [0, 0.05) is 22.1 Å². The van der Waals surface area contributed by atoms with Crippen molar-refractivity contribution in [2.75, 3.05) is 5.73 Å². The standard InChI is InChI=1S/C19H17N3/c1-19(2)14-11-7-6-10-13(14)17-15(19)16(21-18(20)22-17)12-8-4-3-5-9-12/h3-11H,1-2H3,(H2,20,21,22). The summed E-state index contributed by atoms with van der Waals surface area (Å²) in [5.74, 6) is 0.324. The third kappa shape index (κ3) is 1.69. The molecule has 3 heteroatoms. The molecule has 1 aliphatic carbocycles. The highest BCUT2D eigenvalue weighted by atomic mass is 15.0. The molecule has 1 aliphatic rings. The van der Waals surface area contributed by atoms with Crippen molar-refractivity contribution in [1.29, 1.82) is 0 Å². The molecule has 0 fully saturated rings. The van der Waals surface area contributed by atoms with Gasteiger partial charge >= 0.3 is 0 Å². The van der Waals surface area contributed by atoms with Gasteiger partial charge < -0.3 is 5.73 Å². The molecule has 0 unspecified atom stereocenters. The molecule has 0 saturated carbocycles. The first kappa shape index (κ1) is 13.0. The molecule has 4 rings (SSSR count). The van der Waals surface area contributed by atoms with Crippen molar-refractivity contribution in [2.45, 2.75) is 19.3 Å². The molecule has 2 aromatic carbocycles. The van der Waals surface area contributed by atoms with Crippen LogP contribution in [0.5, 0.6) is 0 Å². The Morgan fingerprint density at radius 1 is 0.818 bits per heavy atom. The van der Waals surface area contributed by atoms with Gasteiger partial charge in [0.25, 0.3) is 0 Å². The minimum atomic E-state index is -0.134. The van der Waals surface area contributed by atoms with Gasteiger partial charge in [0.15, 0.2) is 0 Å². The molecule has 22 heavy (non-hydrogen) atoms. The summed E-state index contributed by atoms with van der Waals surface area (Å²) in [6.45, 7) is 4.45. The molecule has 0 spiro atoms. The molecule has 0 bridgehead atoms. The average molecular weight is 287 g/mol. The van der Waals surface area contributed by atoms with Crippen LogP contribution in [0, 0.1) is 0 Å². The molecular weight excluding hydrogens is 270 g/mol. The highest BCUT2D eigenvalue weighted by molar-refractivity contribution is 5.85. The van der Waals surface area contributed by atoms with Gasteiger partial charge in [0.2, 0.25) is 5.95 Å². The van der Waals surface area contributed by atoms with Gasteiger partial charge in [-0.25, -0.2) is 9.97 Å². The monoisotopic (exact) mass is 287 g/mol. The molecular formula is C19H17N3. The molecule has 3 nitrogen and oxygen atoms in total. The Labute approximate surface area is 129 Å². The van der Waals surface area contributed by atoms with Crippen molar-refractivity contribution >= 4 is 5.95 Å². The maximum Gasteiger partial charge on any atom is 0.221 e. The smallest absolute Gasteiger partial charge is 0.221 e. The summed E-state index contributed by atoms with van der Waals surface area (Å²) in [6.07, 6.45) is 0. The largest absolute Gasteiger partial charge is 0.368 e. The number of hydrogen-bond donors (Lipinski definition) is 1. The number of aromatic nitrogens is 2. The minimum absolute atomic E-state index is 0.134. The lowest BCUT2D eigenvalue weighted by atomic mass is 9.81. The van der Waals surface area contributed by atoms with E-state index >= 15 is 0 Å². The molecule has 0 radical (unpaired) electrons. The van der Waals surface area contributed by atoms with Crippen LogP contribution in [0.2, 0.25) is 0 Å². The normalized spacial score (nSPS) is 14.5. The number of nitrogens with two attached hydrogens (primary N) is 1. The quantitative estimate of drug-likeness (QED) is 0.735. The summed E-state index contributed by atoms with van der Waals surface area (Å²) >= 11 is 0. The third-order valence-electron chi connectivity index (χ3n) is 4.45. The van der Waals surface area contributed by atoms with Crippen LogP contribution in [0.4, 0.5) is 5.95 Å². The average Bonchev–Trinajstić information content (AvgIpc) is 2.76. The van der Waals surface area contributed by atoms with Crippen LogP contribution in [0.25, 0.3) is 22.5 Å². The Kier molecular flexibility index (Phi) is 2.61. The van der Waals surface area contributed by atoms with E-state index in [0.717, 1.165) is 28.1 Å². The number of nitrogens with zero attached hydrogens (tertiary/aromatic N) is 2. The second-order valence-electron chi connectivity index (χ2n) is 6.19. The van der Waals surface area contributed by atoms with Gasteiger partial charge in [-0.1, -0.05) is 68.4 Å². The number of fused-ring (bicyclic) bond motifs is 3. The fourth-order valence-corrected chi connectivity index (χ4v) is 3.44. The lowest BCUT2D eigenvalue weighted by Crippen LogP contribution is -2.17. The van der Waals surface area contributed by atoms with Crippen LogP contribution in [-0.4, -0.2) is 9.97 Å². The van der Waals surface area contributed by atoms with E-state index in [0.29, 0.717) is 5.95 Å². The van der Waals surface area contributed by atoms with E-state index in [1.165, 1.54) is 5.56 Å². The predicted octanol–water partition coefficient (Wildman–Crippen LogP) is 4.03. The topological polar surface area (TPSA) is 51.8 Å². The molecule has 1 aromatic heterocycles. The van der Waals surface area contributed by atoms with E-state index in [1.54, 1.807) is 0 Å². The Hall–Kier alpha value is -2.68. The van der Waals surface area contributed by atoms with Crippen molar-refractivity contribution in [1.82, 2.24) is 9.97 Å². The number of benzene rings is 2. The first-order chi connectivity index (χ1) is 10.6. The van der Waals surface area contributed by atoms with Crippen molar-refractivity contribution in [3.05, 3.63) is 65.7 Å². The maximum absolute atomic E-state index is 5.99. The molecule has 2 N–H and O–H groups in total.